The molecule has 0 aliphatic heterocycles. The number of hydrogen-bond donors (Lipinski definition) is 2. The summed E-state index contributed by atoms with van der Waals surface area (Å²) >= 11 is 0. The molecule has 186 valence electrons. The van der Waals surface area contributed by atoms with Crippen LogP contribution in [0.15, 0.2) is 48.7 Å². The summed E-state index contributed by atoms with van der Waals surface area (Å²) in [7, 11) is 3.15. The summed E-state index contributed by atoms with van der Waals surface area (Å²) in [5.41, 5.74) is 0.358. The highest BCUT2D eigenvalue weighted by Gasteiger charge is 2.17. The third kappa shape index (κ3) is 6.57. The monoisotopic (exact) mass is 484 g/mol. The lowest BCUT2D eigenvalue weighted by Crippen LogP contribution is -2.21. The van der Waals surface area contributed by atoms with Gasteiger partial charge in [-0.15, -0.1) is 0 Å². The minimum Gasteiger partial charge on any atom is -0.488 e. The summed E-state index contributed by atoms with van der Waals surface area (Å²) in [6.45, 7) is 5.35. The molecule has 1 heterocycles. The number of halogens is 1. The summed E-state index contributed by atoms with van der Waals surface area (Å²) in [4.78, 5) is 26.3. The van der Waals surface area contributed by atoms with Gasteiger partial charge in [0.05, 0.1) is 6.61 Å². The van der Waals surface area contributed by atoms with Crippen LogP contribution in [0, 0.1) is 5.82 Å². The van der Waals surface area contributed by atoms with Crippen LogP contribution in [0.2, 0.25) is 0 Å². The number of hydrogen-bond acceptors (Lipinski definition) is 6. The minimum atomic E-state index is -0.738. The topological polar surface area (TPSA) is 106 Å². The lowest BCUT2D eigenvalue weighted by Gasteiger charge is -2.16. The molecule has 0 spiro atoms. The Hall–Kier alpha value is -3.92. The first-order valence-corrected chi connectivity index (χ1v) is 11.1. The Labute approximate surface area is 203 Å². The van der Waals surface area contributed by atoms with Crippen molar-refractivity contribution < 1.29 is 28.6 Å². The van der Waals surface area contributed by atoms with Gasteiger partial charge in [-0.25, -0.2) is 4.39 Å². The molecule has 0 aliphatic rings. The highest BCUT2D eigenvalue weighted by atomic mass is 19.1. The fourth-order valence-electron chi connectivity index (χ4n) is 3.08. The lowest BCUT2D eigenvalue weighted by atomic mass is 10.1. The van der Waals surface area contributed by atoms with Gasteiger partial charge in [0, 0.05) is 49.6 Å². The van der Waals surface area contributed by atoms with Gasteiger partial charge in [0.1, 0.15) is 17.6 Å². The maximum absolute atomic E-state index is 14.7. The maximum Gasteiger partial charge on any atom is 0.257 e. The Morgan fingerprint density at radius 1 is 1.09 bits per heavy atom. The average Bonchev–Trinajstić information content (AvgIpc) is 3.28. The van der Waals surface area contributed by atoms with Gasteiger partial charge in [-0.1, -0.05) is 0 Å². The van der Waals surface area contributed by atoms with E-state index in [-0.39, 0.29) is 46.9 Å². The Balaban J connectivity index is 1.89. The van der Waals surface area contributed by atoms with Crippen LogP contribution in [0.3, 0.4) is 0 Å². The molecule has 1 aromatic heterocycles. The molecule has 2 aromatic carbocycles. The van der Waals surface area contributed by atoms with E-state index in [1.165, 1.54) is 35.2 Å². The molecular formula is C25H29FN4O5. The van der Waals surface area contributed by atoms with Crippen molar-refractivity contribution in [2.45, 2.75) is 32.9 Å². The van der Waals surface area contributed by atoms with Crippen molar-refractivity contribution in [1.82, 2.24) is 14.7 Å². The van der Waals surface area contributed by atoms with Crippen LogP contribution in [0.5, 0.6) is 17.2 Å². The van der Waals surface area contributed by atoms with Crippen LogP contribution in [-0.2, 0) is 0 Å². The Bertz CT molecular complexity index is 1210. The van der Waals surface area contributed by atoms with E-state index in [1.807, 2.05) is 13.8 Å². The molecule has 0 saturated heterocycles. The number of ether oxygens (including phenoxy) is 2. The SMILES string of the molecule is CC(C)n1ccc(NC(=O)c2cc(Oc3ccc(C(=O)N(C)C)cc3F)cc(O[C@@H](C)CO)c2)n1. The molecule has 1 atom stereocenters. The third-order valence-corrected chi connectivity index (χ3v) is 4.93. The van der Waals surface area contributed by atoms with E-state index in [0.717, 1.165) is 6.07 Å². The minimum absolute atomic E-state index is 0.130. The largest absolute Gasteiger partial charge is 0.488 e. The molecular weight excluding hydrogens is 455 g/mol. The molecule has 2 N–H and O–H groups in total. The normalized spacial score (nSPS) is 11.8. The number of aliphatic hydroxyl groups is 1. The predicted molar refractivity (Wildman–Crippen MR) is 129 cm³/mol. The van der Waals surface area contributed by atoms with Crippen molar-refractivity contribution in [2.75, 3.05) is 26.0 Å². The van der Waals surface area contributed by atoms with Gasteiger partial charge in [0.2, 0.25) is 0 Å². The van der Waals surface area contributed by atoms with E-state index in [0.29, 0.717) is 5.82 Å². The molecule has 0 fully saturated rings. The smallest absolute Gasteiger partial charge is 0.257 e. The van der Waals surface area contributed by atoms with Gasteiger partial charge in [-0.3, -0.25) is 14.3 Å². The first-order chi connectivity index (χ1) is 16.6. The number of aromatic nitrogens is 2. The number of carbonyl (C=O) groups excluding carboxylic acids is 2. The first-order valence-electron chi connectivity index (χ1n) is 11.1. The van der Waals surface area contributed by atoms with Gasteiger partial charge < -0.3 is 24.8 Å². The fraction of sp³-hybridized carbons (Fsp3) is 0.320. The Morgan fingerprint density at radius 3 is 2.40 bits per heavy atom. The van der Waals surface area contributed by atoms with Gasteiger partial charge in [0.25, 0.3) is 11.8 Å². The van der Waals surface area contributed by atoms with E-state index in [1.54, 1.807) is 38.0 Å². The van der Waals surface area contributed by atoms with Gasteiger partial charge in [-0.2, -0.15) is 5.10 Å². The van der Waals surface area contributed by atoms with E-state index < -0.39 is 17.8 Å². The van der Waals surface area contributed by atoms with E-state index >= 15 is 0 Å². The molecule has 0 unspecified atom stereocenters. The number of nitrogens with zero attached hydrogens (tertiary/aromatic N) is 3. The summed E-state index contributed by atoms with van der Waals surface area (Å²) in [6, 6.07) is 10.1. The van der Waals surface area contributed by atoms with Crippen LogP contribution in [-0.4, -0.2) is 58.4 Å². The summed E-state index contributed by atoms with van der Waals surface area (Å²) in [5, 5.41) is 16.4. The van der Waals surface area contributed by atoms with Crippen molar-refractivity contribution >= 4 is 17.6 Å². The number of nitrogens with one attached hydrogen (secondary N) is 1. The molecule has 0 radical (unpaired) electrons. The molecule has 2 amide bonds. The lowest BCUT2D eigenvalue weighted by molar-refractivity contribution is 0.0826. The molecule has 35 heavy (non-hydrogen) atoms. The second-order valence-corrected chi connectivity index (χ2v) is 8.48. The van der Waals surface area contributed by atoms with Crippen molar-refractivity contribution in [1.29, 1.82) is 0 Å². The zero-order chi connectivity index (χ0) is 25.7. The van der Waals surface area contributed by atoms with Crippen LogP contribution in [0.1, 0.15) is 47.5 Å². The highest BCUT2D eigenvalue weighted by Crippen LogP contribution is 2.30. The van der Waals surface area contributed by atoms with Crippen molar-refractivity contribution in [3.05, 3.63) is 65.6 Å². The number of amides is 2. The Kier molecular flexibility index (Phi) is 8.08. The van der Waals surface area contributed by atoms with Gasteiger partial charge in [-0.05, 0) is 51.1 Å². The molecule has 10 heteroatoms. The first kappa shape index (κ1) is 25.7. The van der Waals surface area contributed by atoms with Gasteiger partial charge in [0.15, 0.2) is 17.4 Å². The number of benzene rings is 2. The van der Waals surface area contributed by atoms with Gasteiger partial charge >= 0.3 is 0 Å². The number of rotatable bonds is 9. The fourth-order valence-corrected chi connectivity index (χ4v) is 3.08. The second-order valence-electron chi connectivity index (χ2n) is 8.48. The molecule has 0 bridgehead atoms. The molecule has 9 nitrogen and oxygen atoms in total. The number of anilines is 1. The van der Waals surface area contributed by atoms with E-state index in [9.17, 15) is 19.1 Å². The van der Waals surface area contributed by atoms with Crippen molar-refractivity contribution in [3.8, 4) is 17.2 Å². The molecule has 3 rings (SSSR count). The zero-order valence-corrected chi connectivity index (χ0v) is 20.3. The maximum atomic E-state index is 14.7. The summed E-state index contributed by atoms with van der Waals surface area (Å²) < 4.78 is 27.7. The van der Waals surface area contributed by atoms with Crippen LogP contribution in [0.25, 0.3) is 0 Å². The number of aliphatic hydroxyl groups excluding tert-OH is 1. The molecule has 0 saturated carbocycles. The van der Waals surface area contributed by atoms with Crippen LogP contribution >= 0.6 is 0 Å². The van der Waals surface area contributed by atoms with Crippen molar-refractivity contribution in [2.24, 2.45) is 0 Å². The van der Waals surface area contributed by atoms with E-state index in [4.69, 9.17) is 9.47 Å². The average molecular weight is 485 g/mol. The zero-order valence-electron chi connectivity index (χ0n) is 20.3. The standard InChI is InChI=1S/C25H29FN4O5/c1-15(2)30-9-8-23(28-30)27-24(32)18-10-19(34-16(3)14-31)13-20(11-18)35-22-7-6-17(12-21(22)26)25(33)29(4)5/h6-13,15-16,31H,14H2,1-5H3,(H,27,28,32)/t16-/m0/s1. The molecule has 3 aromatic rings. The molecule has 0 aliphatic carbocycles. The predicted octanol–water partition coefficient (Wildman–Crippen LogP) is 4.11. The van der Waals surface area contributed by atoms with Crippen LogP contribution < -0.4 is 14.8 Å². The quantitative estimate of drug-likeness (QED) is 0.474. The third-order valence-electron chi connectivity index (χ3n) is 4.93. The summed E-state index contributed by atoms with van der Waals surface area (Å²) in [6.07, 6.45) is 1.21. The number of carbonyl (C=O) groups is 2. The second kappa shape index (κ2) is 11.0. The summed E-state index contributed by atoms with van der Waals surface area (Å²) in [5.74, 6) is -0.931. The van der Waals surface area contributed by atoms with E-state index in [2.05, 4.69) is 10.4 Å². The van der Waals surface area contributed by atoms with Crippen molar-refractivity contribution in [3.63, 3.8) is 0 Å². The Morgan fingerprint density at radius 2 is 1.80 bits per heavy atom. The van der Waals surface area contributed by atoms with Crippen LogP contribution in [0.4, 0.5) is 10.2 Å². The highest BCUT2D eigenvalue weighted by molar-refractivity contribution is 6.04.